The average molecular weight is 358 g/mol. The van der Waals surface area contributed by atoms with E-state index in [4.69, 9.17) is 10.5 Å². The summed E-state index contributed by atoms with van der Waals surface area (Å²) in [6.07, 6.45) is 17.7. The molecule has 1 aliphatic rings. The van der Waals surface area contributed by atoms with Gasteiger partial charge in [0, 0.05) is 0 Å². The van der Waals surface area contributed by atoms with Crippen molar-refractivity contribution in [1.82, 2.24) is 0 Å². The van der Waals surface area contributed by atoms with Crippen LogP contribution in [0.4, 0.5) is 0 Å². The molecule has 0 aromatic carbocycles. The topological polar surface area (TPSA) is 35.2 Å². The summed E-state index contributed by atoms with van der Waals surface area (Å²) in [5, 5.41) is 0. The second kappa shape index (κ2) is 14.2. The third-order valence-corrected chi connectivity index (χ3v) is 4.29. The lowest BCUT2D eigenvalue weighted by Crippen LogP contribution is -2.05. The number of ether oxygens (including phenoxy) is 1. The lowest BCUT2D eigenvalue weighted by molar-refractivity contribution is 0.139. The summed E-state index contributed by atoms with van der Waals surface area (Å²) in [5.41, 5.74) is 10.8. The lowest BCUT2D eigenvalue weighted by Gasteiger charge is -2.16. The summed E-state index contributed by atoms with van der Waals surface area (Å²) in [4.78, 5) is 0. The van der Waals surface area contributed by atoms with E-state index in [1.54, 1.807) is 11.8 Å². The van der Waals surface area contributed by atoms with Gasteiger partial charge in [-0.25, -0.2) is 0 Å². The molecule has 0 bridgehead atoms. The monoisotopic (exact) mass is 357 g/mol. The molecule has 26 heavy (non-hydrogen) atoms. The number of hydrogen-bond acceptors (Lipinski definition) is 2. The Bertz CT molecular complexity index is 573. The highest BCUT2D eigenvalue weighted by Gasteiger charge is 2.09. The van der Waals surface area contributed by atoms with Gasteiger partial charge in [0.1, 0.15) is 5.76 Å². The van der Waals surface area contributed by atoms with Crippen molar-refractivity contribution < 1.29 is 4.74 Å². The third-order valence-electron chi connectivity index (χ3n) is 4.29. The Hall–Kier alpha value is -1.96. The third kappa shape index (κ3) is 8.42. The largest absolute Gasteiger partial charge is 0.491 e. The van der Waals surface area contributed by atoms with Gasteiger partial charge < -0.3 is 10.5 Å². The molecule has 0 saturated heterocycles. The van der Waals surface area contributed by atoms with E-state index in [9.17, 15) is 0 Å². The minimum Gasteiger partial charge on any atom is -0.491 e. The number of allylic oxidation sites excluding steroid dienone is 9. The molecule has 0 radical (unpaired) electrons. The minimum absolute atomic E-state index is 0.170. The van der Waals surface area contributed by atoms with Crippen LogP contribution in [0.25, 0.3) is 0 Å². The van der Waals surface area contributed by atoms with Gasteiger partial charge in [-0.3, -0.25) is 0 Å². The second-order valence-corrected chi connectivity index (χ2v) is 6.19. The van der Waals surface area contributed by atoms with Crippen molar-refractivity contribution in [2.75, 3.05) is 0 Å². The summed E-state index contributed by atoms with van der Waals surface area (Å²) in [5.74, 6) is 0.674. The van der Waals surface area contributed by atoms with Crippen molar-refractivity contribution in [3.63, 3.8) is 0 Å². The van der Waals surface area contributed by atoms with Crippen LogP contribution in [0.1, 0.15) is 73.6 Å². The fourth-order valence-electron chi connectivity index (χ4n) is 2.77. The van der Waals surface area contributed by atoms with Crippen LogP contribution < -0.4 is 5.73 Å². The van der Waals surface area contributed by atoms with Crippen molar-refractivity contribution >= 4 is 0 Å². The molecule has 0 aliphatic heterocycles. The van der Waals surface area contributed by atoms with E-state index in [1.165, 1.54) is 24.0 Å². The molecule has 0 aromatic rings. The van der Waals surface area contributed by atoms with Gasteiger partial charge in [0.05, 0.1) is 6.10 Å². The van der Waals surface area contributed by atoms with E-state index in [0.29, 0.717) is 5.76 Å². The molecule has 0 amide bonds. The van der Waals surface area contributed by atoms with Crippen LogP contribution in [0, 0.1) is 0 Å². The highest BCUT2D eigenvalue weighted by atomic mass is 16.5. The zero-order chi connectivity index (χ0) is 19.9. The Balaban J connectivity index is 0.00000301. The minimum atomic E-state index is 0.170. The lowest BCUT2D eigenvalue weighted by atomic mass is 9.91. The van der Waals surface area contributed by atoms with Crippen LogP contribution in [0.3, 0.4) is 0 Å². The van der Waals surface area contributed by atoms with E-state index in [2.05, 4.69) is 45.6 Å². The summed E-state index contributed by atoms with van der Waals surface area (Å²) >= 11 is 0. The van der Waals surface area contributed by atoms with Crippen LogP contribution in [0.5, 0.6) is 0 Å². The maximum Gasteiger partial charge on any atom is 0.113 e. The Morgan fingerprint density at radius 2 is 1.96 bits per heavy atom. The zero-order valence-electron chi connectivity index (χ0n) is 17.8. The van der Waals surface area contributed by atoms with Crippen molar-refractivity contribution in [2.24, 2.45) is 5.73 Å². The number of nitrogens with two attached hydrogens (primary N) is 1. The molecular weight excluding hydrogens is 318 g/mol. The Morgan fingerprint density at radius 1 is 1.27 bits per heavy atom. The van der Waals surface area contributed by atoms with Gasteiger partial charge in [-0.2, -0.15) is 0 Å². The standard InChI is InChI=1S/C22H33NO.C2H6/c1-6-9-19(8-3)20-10-12-21(13-11-20)22(14-15-23)16-18(5)24-17(4)7-2;1-2/h10,12-17H,5-9,11,23H2,1-4H3;1-2H3/b15-14-,20-19-,22-16+;. The molecule has 146 valence electrons. The normalized spacial score (nSPS) is 17.3. The summed E-state index contributed by atoms with van der Waals surface area (Å²) in [7, 11) is 0. The SMILES string of the molecule is C=C(/C=C(\C=C/N)C1=CC/C(=C(/CC)CCC)C=C1)OC(C)CC.CC. The smallest absolute Gasteiger partial charge is 0.113 e. The number of rotatable bonds is 9. The van der Waals surface area contributed by atoms with Crippen molar-refractivity contribution in [2.45, 2.75) is 79.8 Å². The van der Waals surface area contributed by atoms with E-state index in [0.717, 1.165) is 24.8 Å². The molecule has 1 unspecified atom stereocenters. The highest BCUT2D eigenvalue weighted by molar-refractivity contribution is 5.53. The maximum absolute atomic E-state index is 5.77. The van der Waals surface area contributed by atoms with Gasteiger partial charge in [0.25, 0.3) is 0 Å². The molecule has 0 heterocycles. The zero-order valence-corrected chi connectivity index (χ0v) is 17.8. The predicted octanol–water partition coefficient (Wildman–Crippen LogP) is 7.13. The van der Waals surface area contributed by atoms with Crippen molar-refractivity contribution in [3.05, 3.63) is 71.2 Å². The first-order chi connectivity index (χ1) is 12.5. The fourth-order valence-corrected chi connectivity index (χ4v) is 2.77. The van der Waals surface area contributed by atoms with Crippen molar-refractivity contribution in [3.8, 4) is 0 Å². The molecule has 0 aromatic heterocycles. The van der Waals surface area contributed by atoms with Gasteiger partial charge in [-0.15, -0.1) is 0 Å². The molecule has 1 aliphatic carbocycles. The van der Waals surface area contributed by atoms with Gasteiger partial charge >= 0.3 is 0 Å². The van der Waals surface area contributed by atoms with E-state index in [1.807, 2.05) is 32.9 Å². The van der Waals surface area contributed by atoms with Crippen LogP contribution in [0.2, 0.25) is 0 Å². The maximum atomic E-state index is 5.77. The van der Waals surface area contributed by atoms with Gasteiger partial charge in [-0.05, 0) is 67.7 Å². The summed E-state index contributed by atoms with van der Waals surface area (Å²) < 4.78 is 5.77. The molecule has 2 N–H and O–H groups in total. The van der Waals surface area contributed by atoms with Gasteiger partial charge in [0.2, 0.25) is 0 Å². The molecule has 2 nitrogen and oxygen atoms in total. The number of hydrogen-bond donors (Lipinski definition) is 1. The molecule has 0 spiro atoms. The van der Waals surface area contributed by atoms with Crippen LogP contribution in [-0.2, 0) is 4.74 Å². The summed E-state index contributed by atoms with van der Waals surface area (Å²) in [6.45, 7) is 16.6. The van der Waals surface area contributed by atoms with Crippen molar-refractivity contribution in [1.29, 1.82) is 0 Å². The molecule has 2 heteroatoms. The van der Waals surface area contributed by atoms with Crippen LogP contribution >= 0.6 is 0 Å². The quantitative estimate of drug-likeness (QED) is 0.352. The Morgan fingerprint density at radius 3 is 2.42 bits per heavy atom. The molecule has 0 saturated carbocycles. The van der Waals surface area contributed by atoms with Gasteiger partial charge in [0.15, 0.2) is 0 Å². The van der Waals surface area contributed by atoms with Crippen LogP contribution in [-0.4, -0.2) is 6.10 Å². The second-order valence-electron chi connectivity index (χ2n) is 6.19. The Labute approximate surface area is 161 Å². The first kappa shape index (κ1) is 24.0. The first-order valence-corrected chi connectivity index (χ1v) is 10.1. The molecule has 1 rings (SSSR count). The molecular formula is C24H39NO. The van der Waals surface area contributed by atoms with E-state index in [-0.39, 0.29) is 6.10 Å². The van der Waals surface area contributed by atoms with Gasteiger partial charge in [-0.1, -0.05) is 71.4 Å². The molecule has 1 atom stereocenters. The average Bonchev–Trinajstić information content (AvgIpc) is 2.67. The summed E-state index contributed by atoms with van der Waals surface area (Å²) in [6, 6.07) is 0. The Kier molecular flexibility index (Phi) is 13.2. The predicted molar refractivity (Wildman–Crippen MR) is 117 cm³/mol. The molecule has 0 fully saturated rings. The fraction of sp³-hybridized carbons (Fsp3) is 0.500. The highest BCUT2D eigenvalue weighted by Crippen LogP contribution is 2.27. The van der Waals surface area contributed by atoms with E-state index >= 15 is 0 Å². The van der Waals surface area contributed by atoms with E-state index < -0.39 is 0 Å². The first-order valence-electron chi connectivity index (χ1n) is 10.1. The van der Waals surface area contributed by atoms with Crippen LogP contribution in [0.15, 0.2) is 71.2 Å².